The van der Waals surface area contributed by atoms with Crippen molar-refractivity contribution in [2.45, 2.75) is 69.7 Å². The fourth-order valence-electron chi connectivity index (χ4n) is 6.12. The van der Waals surface area contributed by atoms with Crippen LogP contribution < -0.4 is 5.32 Å². The Morgan fingerprint density at radius 1 is 0.978 bits per heavy atom. The molecule has 2 heterocycles. The van der Waals surface area contributed by atoms with Gasteiger partial charge in [-0.15, -0.1) is 0 Å². The molecule has 2 aliphatic heterocycles. The van der Waals surface area contributed by atoms with Gasteiger partial charge >= 0.3 is 5.97 Å². The number of aliphatic carboxylic acids is 1. The Balaban J connectivity index is 1.31. The van der Waals surface area contributed by atoms with Crippen molar-refractivity contribution >= 4 is 29.2 Å². The molecule has 1 amide bonds. The van der Waals surface area contributed by atoms with Gasteiger partial charge in [0.25, 0.3) is 0 Å². The van der Waals surface area contributed by atoms with Gasteiger partial charge in [-0.1, -0.05) is 67.1 Å². The molecule has 2 fully saturated rings. The van der Waals surface area contributed by atoms with E-state index in [0.717, 1.165) is 22.3 Å². The molecule has 45 heavy (non-hydrogen) atoms. The van der Waals surface area contributed by atoms with Crippen LogP contribution in [0.2, 0.25) is 5.02 Å². The fraction of sp³-hybridized carbons (Fsp3) is 0.429. The molecular formula is C35H41ClN2O7. The third kappa shape index (κ3) is 8.49. The smallest absolute Gasteiger partial charge is 0.303 e. The number of aliphatic hydroxyl groups is 2. The molecule has 10 heteroatoms. The zero-order valence-electron chi connectivity index (χ0n) is 25.4. The molecule has 4 N–H and O–H groups in total. The fourth-order valence-corrected chi connectivity index (χ4v) is 6.25. The van der Waals surface area contributed by atoms with Gasteiger partial charge in [0.15, 0.2) is 6.29 Å². The Morgan fingerprint density at radius 3 is 2.36 bits per heavy atom. The summed E-state index contributed by atoms with van der Waals surface area (Å²) in [6, 6.07) is 22.5. The maximum atomic E-state index is 12.4. The van der Waals surface area contributed by atoms with Crippen molar-refractivity contribution in [2.24, 2.45) is 5.92 Å². The van der Waals surface area contributed by atoms with Gasteiger partial charge < -0.3 is 35.0 Å². The molecule has 0 radical (unpaired) electrons. The van der Waals surface area contributed by atoms with Crippen molar-refractivity contribution in [2.75, 3.05) is 25.0 Å². The number of ether oxygens (including phenoxy) is 2. The first-order chi connectivity index (χ1) is 21.6. The first kappa shape index (κ1) is 33.1. The lowest BCUT2D eigenvalue weighted by molar-refractivity contribution is -0.277. The van der Waals surface area contributed by atoms with Gasteiger partial charge in [0, 0.05) is 54.7 Å². The summed E-state index contributed by atoms with van der Waals surface area (Å²) in [5.41, 5.74) is 3.11. The third-order valence-electron chi connectivity index (χ3n) is 8.86. The van der Waals surface area contributed by atoms with Crippen LogP contribution >= 0.6 is 11.6 Å². The maximum Gasteiger partial charge on any atom is 0.303 e. The summed E-state index contributed by atoms with van der Waals surface area (Å²) in [6.07, 6.45) is 0.323. The molecule has 4 unspecified atom stereocenters. The summed E-state index contributed by atoms with van der Waals surface area (Å²) in [5.74, 6) is -1.19. The van der Waals surface area contributed by atoms with Crippen molar-refractivity contribution in [3.05, 3.63) is 100 Å². The molecule has 0 bridgehead atoms. The van der Waals surface area contributed by atoms with Gasteiger partial charge in [0.05, 0.1) is 24.4 Å². The minimum absolute atomic E-state index is 0.00424. The van der Waals surface area contributed by atoms with Crippen LogP contribution in [0.25, 0.3) is 0 Å². The molecule has 9 nitrogen and oxygen atoms in total. The molecular weight excluding hydrogens is 596 g/mol. The summed E-state index contributed by atoms with van der Waals surface area (Å²) in [7, 11) is 0. The quantitative estimate of drug-likeness (QED) is 0.208. The topological polar surface area (TPSA) is 129 Å². The molecule has 2 saturated heterocycles. The van der Waals surface area contributed by atoms with Gasteiger partial charge in [0.2, 0.25) is 5.91 Å². The number of carboxylic acids is 1. The van der Waals surface area contributed by atoms with Crippen LogP contribution in [0.5, 0.6) is 0 Å². The molecule has 3 aromatic carbocycles. The zero-order valence-corrected chi connectivity index (χ0v) is 26.2. The molecule has 0 aromatic heterocycles. The van der Waals surface area contributed by atoms with Crippen molar-refractivity contribution in [3.8, 4) is 0 Å². The number of rotatable bonds is 11. The van der Waals surface area contributed by atoms with E-state index in [4.69, 9.17) is 26.2 Å². The van der Waals surface area contributed by atoms with Crippen LogP contribution in [0.1, 0.15) is 73.7 Å². The number of carbonyl (C=O) groups excluding carboxylic acids is 1. The van der Waals surface area contributed by atoms with Crippen molar-refractivity contribution in [1.29, 1.82) is 0 Å². The highest BCUT2D eigenvalue weighted by Crippen LogP contribution is 2.43. The number of hydrogen-bond acceptors (Lipinski definition) is 7. The monoisotopic (exact) mass is 636 g/mol. The Hall–Kier alpha value is -3.31. The highest BCUT2D eigenvalue weighted by Gasteiger charge is 2.41. The van der Waals surface area contributed by atoms with E-state index < -0.39 is 17.9 Å². The van der Waals surface area contributed by atoms with Crippen LogP contribution in [-0.2, 0) is 31.3 Å². The minimum atomic E-state index is -0.928. The van der Waals surface area contributed by atoms with Crippen molar-refractivity contribution in [1.82, 2.24) is 4.90 Å². The highest BCUT2D eigenvalue weighted by atomic mass is 35.5. The molecule has 0 saturated carbocycles. The molecule has 2 aliphatic rings. The number of nitrogens with zero attached hydrogens (tertiary/aromatic N) is 1. The van der Waals surface area contributed by atoms with E-state index in [1.54, 1.807) is 6.07 Å². The van der Waals surface area contributed by atoms with E-state index in [9.17, 15) is 19.8 Å². The van der Waals surface area contributed by atoms with E-state index >= 15 is 0 Å². The van der Waals surface area contributed by atoms with Crippen LogP contribution in [0.15, 0.2) is 72.8 Å². The van der Waals surface area contributed by atoms with Crippen molar-refractivity contribution in [3.63, 3.8) is 0 Å². The second-order valence-electron chi connectivity index (χ2n) is 12.1. The van der Waals surface area contributed by atoms with Crippen LogP contribution in [0.4, 0.5) is 5.69 Å². The predicted molar refractivity (Wildman–Crippen MR) is 171 cm³/mol. The molecule has 0 spiro atoms. The number of likely N-dealkylation sites (tertiary alicyclic amines) is 1. The number of hydrogen-bond donors (Lipinski definition) is 4. The second-order valence-corrected chi connectivity index (χ2v) is 12.5. The Kier molecular flexibility index (Phi) is 10.9. The number of carboxylic acid groups (broad SMARTS) is 1. The van der Waals surface area contributed by atoms with Gasteiger partial charge in [-0.3, -0.25) is 9.59 Å². The first-order valence-electron chi connectivity index (χ1n) is 15.5. The van der Waals surface area contributed by atoms with E-state index in [2.05, 4.69) is 17.1 Å². The van der Waals surface area contributed by atoms with Crippen molar-refractivity contribution < 1.29 is 34.4 Å². The lowest BCUT2D eigenvalue weighted by atomic mass is 9.84. The van der Waals surface area contributed by atoms with Gasteiger partial charge in [-0.25, -0.2) is 0 Å². The third-order valence-corrected chi connectivity index (χ3v) is 9.12. The largest absolute Gasteiger partial charge is 0.481 e. The predicted octanol–water partition coefficient (Wildman–Crippen LogP) is 5.80. The van der Waals surface area contributed by atoms with Gasteiger partial charge in [0.1, 0.15) is 0 Å². The standard InChI is InChI=1S/C35H41ClN2O7/c1-23-30(21-38-18-16-35(43,17-19-38)27-12-14-28(36)15-13-27)44-34(45-33(23)25-10-8-24(22-39)9-11-25)26-4-2-5-29(20-26)37-31(40)6-3-7-32(41)42/h2,4-5,8-15,20,23,30,33-34,39,43H,3,6-7,16-19,21-22H2,1H3,(H,37,40)(H,41,42). The lowest BCUT2D eigenvalue weighted by Gasteiger charge is -2.45. The van der Waals surface area contributed by atoms with E-state index in [1.807, 2.05) is 66.7 Å². The number of piperidine rings is 1. The molecule has 0 aliphatic carbocycles. The number of aliphatic hydroxyl groups excluding tert-OH is 1. The summed E-state index contributed by atoms with van der Waals surface area (Å²) in [4.78, 5) is 25.6. The summed E-state index contributed by atoms with van der Waals surface area (Å²) in [6.45, 7) is 4.14. The number of amides is 1. The average Bonchev–Trinajstić information content (AvgIpc) is 3.03. The van der Waals surface area contributed by atoms with E-state index in [1.165, 1.54) is 0 Å². The molecule has 4 atom stereocenters. The maximum absolute atomic E-state index is 12.4. The zero-order chi connectivity index (χ0) is 32.0. The lowest BCUT2D eigenvalue weighted by Crippen LogP contribution is -2.49. The summed E-state index contributed by atoms with van der Waals surface area (Å²) >= 11 is 6.07. The van der Waals surface area contributed by atoms with Gasteiger partial charge in [-0.2, -0.15) is 0 Å². The molecule has 240 valence electrons. The molecule has 5 rings (SSSR count). The normalized spacial score (nSPS) is 23.4. The number of anilines is 1. The number of benzene rings is 3. The van der Waals surface area contributed by atoms with Crippen LogP contribution in [-0.4, -0.2) is 57.8 Å². The Labute approximate surface area is 268 Å². The van der Waals surface area contributed by atoms with E-state index in [0.29, 0.717) is 43.2 Å². The highest BCUT2D eigenvalue weighted by molar-refractivity contribution is 6.30. The summed E-state index contributed by atoms with van der Waals surface area (Å²) < 4.78 is 13.2. The van der Waals surface area contributed by atoms with E-state index in [-0.39, 0.29) is 49.9 Å². The van der Waals surface area contributed by atoms with Crippen LogP contribution in [0, 0.1) is 5.92 Å². The second kappa shape index (κ2) is 14.9. The summed E-state index contributed by atoms with van der Waals surface area (Å²) in [5, 5.41) is 33.3. The van der Waals surface area contributed by atoms with Gasteiger partial charge in [-0.05, 0) is 60.2 Å². The SMILES string of the molecule is CC1C(CN2CCC(O)(c3ccc(Cl)cc3)CC2)OC(c2cccc(NC(=O)CCCC(=O)O)c2)OC1c1ccc(CO)cc1. The number of carbonyl (C=O) groups is 2. The van der Waals surface area contributed by atoms with Crippen LogP contribution in [0.3, 0.4) is 0 Å². The molecule has 3 aromatic rings. The minimum Gasteiger partial charge on any atom is -0.481 e. The Bertz CT molecular complexity index is 1440. The Morgan fingerprint density at radius 2 is 1.69 bits per heavy atom. The number of nitrogens with one attached hydrogen (secondary N) is 1. The first-order valence-corrected chi connectivity index (χ1v) is 15.8. The number of halogens is 1. The average molecular weight is 637 g/mol.